The van der Waals surface area contributed by atoms with E-state index in [9.17, 15) is 4.79 Å². The van der Waals surface area contributed by atoms with Gasteiger partial charge in [-0.05, 0) is 42.3 Å². The van der Waals surface area contributed by atoms with E-state index in [2.05, 4.69) is 0 Å². The van der Waals surface area contributed by atoms with Gasteiger partial charge in [-0.3, -0.25) is 9.79 Å². The van der Waals surface area contributed by atoms with Crippen LogP contribution < -0.4 is 18.9 Å². The molecule has 0 fully saturated rings. The molecular formula is C23H28ClNO6. The van der Waals surface area contributed by atoms with E-state index < -0.39 is 5.92 Å². The van der Waals surface area contributed by atoms with Crippen LogP contribution in [-0.2, 0) is 16.0 Å². The zero-order valence-electron chi connectivity index (χ0n) is 18.4. The molecule has 2 aromatic rings. The highest BCUT2D eigenvalue weighted by molar-refractivity contribution is 6.06. The first-order valence-corrected chi connectivity index (χ1v) is 9.73. The van der Waals surface area contributed by atoms with Crippen molar-refractivity contribution in [3.05, 3.63) is 47.0 Å². The molecule has 0 N–H and O–H groups in total. The smallest absolute Gasteiger partial charge is 0.315 e. The molecule has 0 spiro atoms. The van der Waals surface area contributed by atoms with Gasteiger partial charge in [-0.25, -0.2) is 0 Å². The van der Waals surface area contributed by atoms with Crippen molar-refractivity contribution in [1.29, 1.82) is 0 Å². The van der Waals surface area contributed by atoms with Gasteiger partial charge in [-0.15, -0.1) is 12.4 Å². The fourth-order valence-electron chi connectivity index (χ4n) is 3.60. The molecule has 0 aliphatic carbocycles. The maximum Gasteiger partial charge on any atom is 0.315 e. The van der Waals surface area contributed by atoms with Gasteiger partial charge >= 0.3 is 5.97 Å². The lowest BCUT2D eigenvalue weighted by atomic mass is 9.86. The summed E-state index contributed by atoms with van der Waals surface area (Å²) in [6.45, 7) is 2.44. The van der Waals surface area contributed by atoms with Crippen molar-refractivity contribution < 1.29 is 28.5 Å². The van der Waals surface area contributed by atoms with E-state index in [1.807, 2.05) is 30.3 Å². The molecule has 31 heavy (non-hydrogen) atoms. The number of carbonyl (C=O) groups is 1. The van der Waals surface area contributed by atoms with Gasteiger partial charge in [-0.2, -0.15) is 0 Å². The molecule has 3 rings (SSSR count). The molecule has 1 aliphatic rings. The third-order valence-electron chi connectivity index (χ3n) is 5.10. The van der Waals surface area contributed by atoms with E-state index in [0.29, 0.717) is 42.6 Å². The van der Waals surface area contributed by atoms with Crippen LogP contribution in [0.15, 0.2) is 35.3 Å². The summed E-state index contributed by atoms with van der Waals surface area (Å²) in [7, 11) is 6.37. The summed E-state index contributed by atoms with van der Waals surface area (Å²) >= 11 is 0. The summed E-state index contributed by atoms with van der Waals surface area (Å²) in [6.07, 6.45) is 0.568. The number of carbonyl (C=O) groups excluding carboxylic acids is 1. The van der Waals surface area contributed by atoms with Crippen molar-refractivity contribution in [3.8, 4) is 23.0 Å². The number of fused-ring (bicyclic) bond motifs is 1. The Kier molecular flexibility index (Phi) is 8.56. The third kappa shape index (κ3) is 5.05. The summed E-state index contributed by atoms with van der Waals surface area (Å²) in [5.74, 6) is 1.71. The van der Waals surface area contributed by atoms with Crippen molar-refractivity contribution >= 4 is 24.1 Å². The van der Waals surface area contributed by atoms with Crippen LogP contribution in [0.1, 0.15) is 29.5 Å². The first-order chi connectivity index (χ1) is 14.6. The van der Waals surface area contributed by atoms with E-state index >= 15 is 0 Å². The van der Waals surface area contributed by atoms with Gasteiger partial charge in [0.05, 0.1) is 41.6 Å². The van der Waals surface area contributed by atoms with Gasteiger partial charge in [0.15, 0.2) is 23.0 Å². The summed E-state index contributed by atoms with van der Waals surface area (Å²) < 4.78 is 26.9. The van der Waals surface area contributed by atoms with Gasteiger partial charge in [0.2, 0.25) is 0 Å². The average molecular weight is 450 g/mol. The number of halogens is 1. The first kappa shape index (κ1) is 24.3. The molecule has 0 radical (unpaired) electrons. The number of aliphatic imine (C=N–C) groups is 1. The van der Waals surface area contributed by atoms with E-state index in [0.717, 1.165) is 22.4 Å². The summed E-state index contributed by atoms with van der Waals surface area (Å²) in [5, 5.41) is 0. The predicted octanol–water partition coefficient (Wildman–Crippen LogP) is 3.83. The maximum atomic E-state index is 12.5. The normalized spacial score (nSPS) is 14.5. The second-order valence-electron chi connectivity index (χ2n) is 6.75. The van der Waals surface area contributed by atoms with Crippen LogP contribution in [0, 0.1) is 0 Å². The molecule has 0 amide bonds. The molecule has 0 saturated carbocycles. The molecule has 8 heteroatoms. The zero-order chi connectivity index (χ0) is 21.7. The number of hydrogen-bond donors (Lipinski definition) is 0. The van der Waals surface area contributed by atoms with Crippen molar-refractivity contribution in [3.63, 3.8) is 0 Å². The van der Waals surface area contributed by atoms with E-state index in [4.69, 9.17) is 28.7 Å². The van der Waals surface area contributed by atoms with Crippen LogP contribution in [-0.4, -0.2) is 53.3 Å². The van der Waals surface area contributed by atoms with Crippen LogP contribution >= 0.6 is 12.4 Å². The topological polar surface area (TPSA) is 75.6 Å². The average Bonchev–Trinajstić information content (AvgIpc) is 2.78. The summed E-state index contributed by atoms with van der Waals surface area (Å²) in [4.78, 5) is 17.3. The van der Waals surface area contributed by atoms with Gasteiger partial charge in [0.25, 0.3) is 0 Å². The minimum Gasteiger partial charge on any atom is -0.493 e. The molecule has 7 nitrogen and oxygen atoms in total. The minimum absolute atomic E-state index is 0. The van der Waals surface area contributed by atoms with Crippen LogP contribution in [0.3, 0.4) is 0 Å². The monoisotopic (exact) mass is 449 g/mol. The van der Waals surface area contributed by atoms with Crippen LogP contribution in [0.2, 0.25) is 0 Å². The van der Waals surface area contributed by atoms with Gasteiger partial charge in [0, 0.05) is 17.7 Å². The number of esters is 1. The number of benzene rings is 2. The van der Waals surface area contributed by atoms with Crippen molar-refractivity contribution in [2.24, 2.45) is 4.99 Å². The third-order valence-corrected chi connectivity index (χ3v) is 5.10. The Labute approximate surface area is 188 Å². The van der Waals surface area contributed by atoms with Crippen molar-refractivity contribution in [2.75, 3.05) is 41.6 Å². The molecule has 0 bridgehead atoms. The van der Waals surface area contributed by atoms with Crippen LogP contribution in [0.5, 0.6) is 23.0 Å². The predicted molar refractivity (Wildman–Crippen MR) is 121 cm³/mol. The number of ether oxygens (including phenoxy) is 5. The van der Waals surface area contributed by atoms with E-state index in [1.54, 1.807) is 35.4 Å². The lowest BCUT2D eigenvalue weighted by Crippen LogP contribution is -2.26. The standard InChI is InChI=1S/C23H27NO6.ClH/c1-6-30-23(25)17-13-24-18(9-14-7-8-19(26-2)20(10-14)27-3)16-12-22(29-5)21(28-4)11-15(16)17;/h7-8,10-12,17H,6,9,13H2,1-5H3;1H. The highest BCUT2D eigenvalue weighted by atomic mass is 35.5. The molecule has 0 aromatic heterocycles. The van der Waals surface area contributed by atoms with E-state index in [-0.39, 0.29) is 18.4 Å². The minimum atomic E-state index is -0.478. The molecule has 1 unspecified atom stereocenters. The fraction of sp³-hybridized carbons (Fsp3) is 0.391. The maximum absolute atomic E-state index is 12.5. The van der Waals surface area contributed by atoms with Gasteiger partial charge < -0.3 is 23.7 Å². The second kappa shape index (κ2) is 10.9. The lowest BCUT2D eigenvalue weighted by Gasteiger charge is -2.25. The Bertz CT molecular complexity index is 959. The van der Waals surface area contributed by atoms with Gasteiger partial charge in [0.1, 0.15) is 5.92 Å². The molecule has 1 atom stereocenters. The molecule has 1 heterocycles. The number of hydrogen-bond acceptors (Lipinski definition) is 7. The Morgan fingerprint density at radius 2 is 1.55 bits per heavy atom. The van der Waals surface area contributed by atoms with Crippen molar-refractivity contribution in [1.82, 2.24) is 0 Å². The fourth-order valence-corrected chi connectivity index (χ4v) is 3.60. The first-order valence-electron chi connectivity index (χ1n) is 9.73. The zero-order valence-corrected chi connectivity index (χ0v) is 19.2. The molecule has 168 valence electrons. The number of methoxy groups -OCH3 is 4. The Balaban J connectivity index is 0.00000341. The molecule has 1 aliphatic heterocycles. The SMILES string of the molecule is CCOC(=O)C1CN=C(Cc2ccc(OC)c(OC)c2)c2cc(OC)c(OC)cc21.Cl. The quantitative estimate of drug-likeness (QED) is 0.570. The molecule has 0 saturated heterocycles. The highest BCUT2D eigenvalue weighted by Crippen LogP contribution is 2.38. The van der Waals surface area contributed by atoms with Crippen molar-refractivity contribution in [2.45, 2.75) is 19.3 Å². The summed E-state index contributed by atoms with van der Waals surface area (Å²) in [5.41, 5.74) is 3.56. The van der Waals surface area contributed by atoms with Crippen LogP contribution in [0.4, 0.5) is 0 Å². The van der Waals surface area contributed by atoms with E-state index in [1.165, 1.54) is 0 Å². The van der Waals surface area contributed by atoms with Gasteiger partial charge in [-0.1, -0.05) is 6.07 Å². The second-order valence-corrected chi connectivity index (χ2v) is 6.75. The molecule has 2 aromatic carbocycles. The Morgan fingerprint density at radius 1 is 0.935 bits per heavy atom. The highest BCUT2D eigenvalue weighted by Gasteiger charge is 2.31. The Morgan fingerprint density at radius 3 is 2.16 bits per heavy atom. The number of rotatable bonds is 8. The number of nitrogens with zero attached hydrogens (tertiary/aromatic N) is 1. The van der Waals surface area contributed by atoms with Crippen LogP contribution in [0.25, 0.3) is 0 Å². The summed E-state index contributed by atoms with van der Waals surface area (Å²) in [6, 6.07) is 9.49. The largest absolute Gasteiger partial charge is 0.493 e. The lowest BCUT2D eigenvalue weighted by molar-refractivity contribution is -0.144. The molecular weight excluding hydrogens is 422 g/mol. The Hall–Kier alpha value is -2.93.